The van der Waals surface area contributed by atoms with E-state index in [-0.39, 0.29) is 0 Å². The van der Waals surface area contributed by atoms with Crippen molar-refractivity contribution in [1.82, 2.24) is 10.2 Å². The molecule has 0 aliphatic rings. The standard InChI is InChI=1S/C18H19N3O2S2/c1-12-4-9-16(23-3)13(10-12)11-24-18-21-20-17(25-18)19-14-5-7-15(22-2)8-6-14/h4-10H,11H2,1-3H3,(H,19,20). The average molecular weight is 374 g/mol. The van der Waals surface area contributed by atoms with Crippen molar-refractivity contribution in [3.05, 3.63) is 53.6 Å². The first kappa shape index (κ1) is 17.6. The SMILES string of the molecule is COc1ccc(Nc2nnc(SCc3cc(C)ccc3OC)s2)cc1. The van der Waals surface area contributed by atoms with E-state index in [2.05, 4.69) is 34.6 Å². The fraction of sp³-hybridized carbons (Fsp3) is 0.222. The lowest BCUT2D eigenvalue weighted by Crippen LogP contribution is -1.91. The molecule has 130 valence electrons. The molecule has 0 saturated heterocycles. The Bertz CT molecular complexity index is 835. The molecule has 0 amide bonds. The van der Waals surface area contributed by atoms with E-state index in [0.717, 1.165) is 38.0 Å². The highest BCUT2D eigenvalue weighted by molar-refractivity contribution is 8.00. The van der Waals surface area contributed by atoms with Crippen LogP contribution in [0.15, 0.2) is 46.8 Å². The second kappa shape index (κ2) is 8.22. The Labute approximate surface area is 155 Å². The third-order valence-corrected chi connectivity index (χ3v) is 5.56. The van der Waals surface area contributed by atoms with Gasteiger partial charge in [-0.3, -0.25) is 0 Å². The Morgan fingerprint density at radius 1 is 1.04 bits per heavy atom. The van der Waals surface area contributed by atoms with Crippen LogP contribution in [-0.2, 0) is 5.75 Å². The van der Waals surface area contributed by atoms with E-state index < -0.39 is 0 Å². The van der Waals surface area contributed by atoms with Gasteiger partial charge in [0.05, 0.1) is 14.2 Å². The summed E-state index contributed by atoms with van der Waals surface area (Å²) in [6.07, 6.45) is 0. The molecular weight excluding hydrogens is 354 g/mol. The predicted octanol–water partition coefficient (Wildman–Crippen LogP) is 4.90. The van der Waals surface area contributed by atoms with Gasteiger partial charge >= 0.3 is 0 Å². The number of anilines is 2. The molecule has 7 heteroatoms. The summed E-state index contributed by atoms with van der Waals surface area (Å²) in [6, 6.07) is 13.9. The van der Waals surface area contributed by atoms with Crippen LogP contribution in [0.3, 0.4) is 0 Å². The number of hydrogen-bond acceptors (Lipinski definition) is 7. The van der Waals surface area contributed by atoms with Crippen LogP contribution < -0.4 is 14.8 Å². The van der Waals surface area contributed by atoms with E-state index in [1.807, 2.05) is 30.3 Å². The third kappa shape index (κ3) is 4.64. The summed E-state index contributed by atoms with van der Waals surface area (Å²) < 4.78 is 11.5. The van der Waals surface area contributed by atoms with Crippen LogP contribution in [-0.4, -0.2) is 24.4 Å². The van der Waals surface area contributed by atoms with E-state index in [1.165, 1.54) is 16.9 Å². The van der Waals surface area contributed by atoms with Crippen molar-refractivity contribution in [2.24, 2.45) is 0 Å². The molecule has 3 rings (SSSR count). The van der Waals surface area contributed by atoms with Crippen molar-refractivity contribution < 1.29 is 9.47 Å². The van der Waals surface area contributed by atoms with Crippen LogP contribution in [0.25, 0.3) is 0 Å². The molecule has 2 aromatic carbocycles. The zero-order valence-electron chi connectivity index (χ0n) is 14.3. The summed E-state index contributed by atoms with van der Waals surface area (Å²) in [6.45, 7) is 2.08. The topological polar surface area (TPSA) is 56.3 Å². The van der Waals surface area contributed by atoms with Crippen LogP contribution in [0.1, 0.15) is 11.1 Å². The molecule has 25 heavy (non-hydrogen) atoms. The lowest BCUT2D eigenvalue weighted by atomic mass is 10.1. The zero-order chi connectivity index (χ0) is 17.6. The number of hydrogen-bond donors (Lipinski definition) is 1. The lowest BCUT2D eigenvalue weighted by Gasteiger charge is -2.08. The van der Waals surface area contributed by atoms with Crippen LogP contribution in [0.5, 0.6) is 11.5 Å². The largest absolute Gasteiger partial charge is 0.497 e. The third-order valence-electron chi connectivity index (χ3n) is 3.53. The van der Waals surface area contributed by atoms with Crippen LogP contribution in [0, 0.1) is 6.92 Å². The lowest BCUT2D eigenvalue weighted by molar-refractivity contribution is 0.411. The highest BCUT2D eigenvalue weighted by atomic mass is 32.2. The molecule has 1 N–H and O–H groups in total. The first-order valence-electron chi connectivity index (χ1n) is 7.69. The minimum atomic E-state index is 0.767. The molecule has 3 aromatic rings. The maximum atomic E-state index is 5.42. The van der Waals surface area contributed by atoms with Crippen molar-refractivity contribution in [3.8, 4) is 11.5 Å². The second-order valence-corrected chi connectivity index (χ2v) is 7.53. The number of aryl methyl sites for hydroxylation is 1. The van der Waals surface area contributed by atoms with Gasteiger partial charge in [0, 0.05) is 17.0 Å². The number of methoxy groups -OCH3 is 2. The van der Waals surface area contributed by atoms with Crippen LogP contribution in [0.4, 0.5) is 10.8 Å². The summed E-state index contributed by atoms with van der Waals surface area (Å²) in [7, 11) is 3.35. The van der Waals surface area contributed by atoms with Gasteiger partial charge in [0.25, 0.3) is 0 Å². The van der Waals surface area contributed by atoms with Crippen molar-refractivity contribution in [2.75, 3.05) is 19.5 Å². The summed E-state index contributed by atoms with van der Waals surface area (Å²) in [4.78, 5) is 0. The fourth-order valence-corrected chi connectivity index (χ4v) is 4.03. The number of thioether (sulfide) groups is 1. The predicted molar refractivity (Wildman–Crippen MR) is 103 cm³/mol. The van der Waals surface area contributed by atoms with Crippen LogP contribution >= 0.6 is 23.1 Å². The van der Waals surface area contributed by atoms with Gasteiger partial charge in [-0.25, -0.2) is 0 Å². The molecule has 0 spiro atoms. The molecule has 1 heterocycles. The van der Waals surface area contributed by atoms with Gasteiger partial charge in [0.15, 0.2) is 4.34 Å². The second-order valence-electron chi connectivity index (χ2n) is 5.33. The number of benzene rings is 2. The summed E-state index contributed by atoms with van der Waals surface area (Å²) in [5.41, 5.74) is 3.33. The molecule has 0 fully saturated rings. The van der Waals surface area contributed by atoms with Crippen LogP contribution in [0.2, 0.25) is 0 Å². The Morgan fingerprint density at radius 2 is 1.84 bits per heavy atom. The molecule has 0 radical (unpaired) electrons. The molecule has 0 unspecified atom stereocenters. The van der Waals surface area contributed by atoms with Gasteiger partial charge in [-0.1, -0.05) is 40.8 Å². The van der Waals surface area contributed by atoms with Crippen molar-refractivity contribution in [3.63, 3.8) is 0 Å². The maximum absolute atomic E-state index is 5.42. The minimum absolute atomic E-state index is 0.767. The number of aromatic nitrogens is 2. The van der Waals surface area contributed by atoms with Gasteiger partial charge in [-0.05, 0) is 37.3 Å². The molecular formula is C18H19N3O2S2. The molecule has 5 nitrogen and oxygen atoms in total. The zero-order valence-corrected chi connectivity index (χ0v) is 15.9. The van der Waals surface area contributed by atoms with Gasteiger partial charge in [0.1, 0.15) is 11.5 Å². The first-order valence-corrected chi connectivity index (χ1v) is 9.49. The Morgan fingerprint density at radius 3 is 2.56 bits per heavy atom. The normalized spacial score (nSPS) is 10.5. The number of ether oxygens (including phenoxy) is 2. The smallest absolute Gasteiger partial charge is 0.210 e. The monoisotopic (exact) mass is 373 g/mol. The Balaban J connectivity index is 1.62. The molecule has 1 aromatic heterocycles. The van der Waals surface area contributed by atoms with E-state index in [0.29, 0.717) is 0 Å². The summed E-state index contributed by atoms with van der Waals surface area (Å²) in [5, 5.41) is 12.5. The number of nitrogens with one attached hydrogen (secondary N) is 1. The van der Waals surface area contributed by atoms with Gasteiger partial charge in [0.2, 0.25) is 5.13 Å². The number of rotatable bonds is 7. The minimum Gasteiger partial charge on any atom is -0.497 e. The average Bonchev–Trinajstić information content (AvgIpc) is 3.08. The highest BCUT2D eigenvalue weighted by Gasteiger charge is 2.09. The van der Waals surface area contributed by atoms with Gasteiger partial charge < -0.3 is 14.8 Å². The molecule has 0 aliphatic carbocycles. The summed E-state index contributed by atoms with van der Waals surface area (Å²) >= 11 is 3.19. The van der Waals surface area contributed by atoms with Crippen molar-refractivity contribution in [2.45, 2.75) is 17.0 Å². The van der Waals surface area contributed by atoms with E-state index in [1.54, 1.807) is 26.0 Å². The first-order chi connectivity index (χ1) is 12.2. The molecule has 0 aliphatic heterocycles. The Hall–Kier alpha value is -2.25. The fourth-order valence-electron chi connectivity index (χ4n) is 2.28. The molecule has 0 saturated carbocycles. The van der Waals surface area contributed by atoms with E-state index in [4.69, 9.17) is 9.47 Å². The van der Waals surface area contributed by atoms with Gasteiger partial charge in [-0.2, -0.15) is 0 Å². The van der Waals surface area contributed by atoms with E-state index in [9.17, 15) is 0 Å². The van der Waals surface area contributed by atoms with E-state index >= 15 is 0 Å². The summed E-state index contributed by atoms with van der Waals surface area (Å²) in [5.74, 6) is 2.52. The number of nitrogens with zero attached hydrogens (tertiary/aromatic N) is 2. The maximum Gasteiger partial charge on any atom is 0.210 e. The quantitative estimate of drug-likeness (QED) is 0.595. The molecule has 0 bridgehead atoms. The van der Waals surface area contributed by atoms with Crippen molar-refractivity contribution >= 4 is 33.9 Å². The highest BCUT2D eigenvalue weighted by Crippen LogP contribution is 2.32. The molecule has 0 atom stereocenters. The van der Waals surface area contributed by atoms with Gasteiger partial charge in [-0.15, -0.1) is 10.2 Å². The Kier molecular flexibility index (Phi) is 5.78. The van der Waals surface area contributed by atoms with Crippen molar-refractivity contribution in [1.29, 1.82) is 0 Å².